The molecule has 0 unspecified atom stereocenters. The van der Waals surface area contributed by atoms with E-state index in [4.69, 9.17) is 50.3 Å². The lowest BCUT2D eigenvalue weighted by Crippen LogP contribution is -2.01. The van der Waals surface area contributed by atoms with Gasteiger partial charge in [0.25, 0.3) is 0 Å². The van der Waals surface area contributed by atoms with Gasteiger partial charge >= 0.3 is 0 Å². The van der Waals surface area contributed by atoms with Gasteiger partial charge in [0.15, 0.2) is 34.9 Å². The Morgan fingerprint density at radius 1 is 0.248 bits per heavy atom. The van der Waals surface area contributed by atoms with Gasteiger partial charge in [0, 0.05) is 82.9 Å². The van der Waals surface area contributed by atoms with Crippen LogP contribution in [-0.2, 0) is 6.42 Å². The molecule has 0 radical (unpaired) electrons. The predicted molar refractivity (Wildman–Crippen MR) is 431 cm³/mol. The third-order valence-electron chi connectivity index (χ3n) is 20.2. The zero-order chi connectivity index (χ0) is 69.5. The van der Waals surface area contributed by atoms with Crippen LogP contribution in [0.3, 0.4) is 0 Å². The van der Waals surface area contributed by atoms with Crippen LogP contribution < -0.4 is 0 Å². The highest BCUT2D eigenvalue weighted by Crippen LogP contribution is 2.45. The Balaban J connectivity index is 0.000000118. The maximum atomic E-state index is 6.80. The highest BCUT2D eigenvalue weighted by molar-refractivity contribution is 6.32. The first-order valence-electron chi connectivity index (χ1n) is 35.1. The smallest absolute Gasteiger partial charge is 0.164 e. The normalized spacial score (nSPS) is 11.8. The lowest BCUT2D eigenvalue weighted by Gasteiger charge is -2.13. The molecule has 1 aliphatic carbocycles. The van der Waals surface area contributed by atoms with Crippen molar-refractivity contribution in [2.75, 3.05) is 0 Å². The van der Waals surface area contributed by atoms with Crippen molar-refractivity contribution >= 4 is 120 Å². The van der Waals surface area contributed by atoms with E-state index in [1.807, 2.05) is 146 Å². The van der Waals surface area contributed by atoms with Gasteiger partial charge in [0.2, 0.25) is 0 Å². The largest absolute Gasteiger partial charge is 0.456 e. The van der Waals surface area contributed by atoms with E-state index >= 15 is 0 Å². The molecule has 0 bridgehead atoms. The Morgan fingerprint density at radius 2 is 0.629 bits per heavy atom. The van der Waals surface area contributed by atoms with Gasteiger partial charge in [-0.25, -0.2) is 29.9 Å². The molecule has 0 spiro atoms. The Labute approximate surface area is 607 Å². The van der Waals surface area contributed by atoms with Gasteiger partial charge in [-0.3, -0.25) is 0 Å². The Bertz CT molecular complexity index is 6900. The molecular formula is C95H58ClN7O2. The molecule has 0 fully saturated rings. The molecule has 105 heavy (non-hydrogen) atoms. The van der Waals surface area contributed by atoms with Crippen LogP contribution in [0.25, 0.3) is 194 Å². The van der Waals surface area contributed by atoms with Crippen LogP contribution in [-0.4, -0.2) is 34.5 Å². The van der Waals surface area contributed by atoms with Crippen molar-refractivity contribution in [1.82, 2.24) is 34.5 Å². The summed E-state index contributed by atoms with van der Waals surface area (Å²) in [5.41, 5.74) is 17.4. The number of para-hydroxylation sites is 1. The molecule has 0 amide bonds. The monoisotopic (exact) mass is 1360 g/mol. The summed E-state index contributed by atoms with van der Waals surface area (Å²) in [6.07, 6.45) is 1.08. The van der Waals surface area contributed by atoms with E-state index in [1.165, 1.54) is 54.6 Å². The first kappa shape index (κ1) is 61.2. The molecule has 21 aromatic rings. The average molecular weight is 1370 g/mol. The molecule has 0 saturated heterocycles. The minimum absolute atomic E-state index is 0.547. The van der Waals surface area contributed by atoms with Gasteiger partial charge in [0.1, 0.15) is 22.3 Å². The van der Waals surface area contributed by atoms with Crippen LogP contribution in [0.1, 0.15) is 11.1 Å². The van der Waals surface area contributed by atoms with Gasteiger partial charge in [-0.2, -0.15) is 0 Å². The van der Waals surface area contributed by atoms with Crippen LogP contribution in [0.5, 0.6) is 0 Å². The Morgan fingerprint density at radius 3 is 1.13 bits per heavy atom. The number of rotatable bonds is 7. The first-order chi connectivity index (χ1) is 51.9. The van der Waals surface area contributed by atoms with Gasteiger partial charge in [-0.05, 0) is 132 Å². The fourth-order valence-electron chi connectivity index (χ4n) is 15.2. The molecule has 16 aromatic carbocycles. The molecule has 5 heterocycles. The number of hydrogen-bond donors (Lipinski definition) is 0. The van der Waals surface area contributed by atoms with Crippen molar-refractivity contribution < 1.29 is 8.83 Å². The van der Waals surface area contributed by atoms with Gasteiger partial charge < -0.3 is 13.4 Å². The summed E-state index contributed by atoms with van der Waals surface area (Å²) in [5.74, 6) is 3.57. The van der Waals surface area contributed by atoms with Crippen LogP contribution >= 0.6 is 11.6 Å². The standard InChI is InChI=1S/C47H28N4O.C31H18ClN3O.C17H12/c1-3-13-29(14-4-1)45-48-46(30-15-5-2-6-16-30)50-47(49-45)39-27-35(28-43-44(39)38-24-32-18-8-10-20-34(32)26-42(38)52-43)51-40-22-12-11-21-36(40)37-23-31-17-7-9-19-33(31)25-41(37)51;32-23-17-25(28-24-15-21-13-7-8-14-22(21)16-26(24)36-27(28)18-23)31-34-29(19-9-3-1-4-10-19)33-30(35-31)20-11-5-2-6-12-20;1-2-6-13-11-17-15(9-12(13)5-1)10-14-7-3-4-8-16(14)17/h1-28H;1-18H;1-9,11H,10H2. The Hall–Kier alpha value is -13.7. The van der Waals surface area contributed by atoms with Crippen LogP contribution in [0.15, 0.2) is 349 Å². The van der Waals surface area contributed by atoms with E-state index < -0.39 is 0 Å². The van der Waals surface area contributed by atoms with Crippen molar-refractivity contribution in [2.45, 2.75) is 6.42 Å². The fourth-order valence-corrected chi connectivity index (χ4v) is 15.4. The molecule has 1 aliphatic rings. The van der Waals surface area contributed by atoms with Crippen LogP contribution in [0.2, 0.25) is 5.02 Å². The van der Waals surface area contributed by atoms with Crippen LogP contribution in [0.4, 0.5) is 0 Å². The number of nitrogens with zero attached hydrogens (tertiary/aromatic N) is 7. The zero-order valence-electron chi connectivity index (χ0n) is 56.4. The molecule has 9 nitrogen and oxygen atoms in total. The zero-order valence-corrected chi connectivity index (χ0v) is 57.1. The average Bonchev–Trinajstić information content (AvgIpc) is 1.59. The third-order valence-corrected chi connectivity index (χ3v) is 20.4. The summed E-state index contributed by atoms with van der Waals surface area (Å²) in [6.45, 7) is 0. The second-order valence-corrected chi connectivity index (χ2v) is 27.1. The molecule has 0 atom stereocenters. The predicted octanol–water partition coefficient (Wildman–Crippen LogP) is 25.2. The molecule has 0 saturated carbocycles. The number of fused-ring (bicyclic) bond motifs is 16. The summed E-state index contributed by atoms with van der Waals surface area (Å²) in [4.78, 5) is 30.1. The van der Waals surface area contributed by atoms with E-state index in [2.05, 4.69) is 199 Å². The summed E-state index contributed by atoms with van der Waals surface area (Å²) in [5, 5.41) is 16.5. The second-order valence-electron chi connectivity index (χ2n) is 26.6. The molecule has 10 heteroatoms. The molecule has 0 aliphatic heterocycles. The van der Waals surface area contributed by atoms with Crippen molar-refractivity contribution in [3.63, 3.8) is 0 Å². The fraction of sp³-hybridized carbons (Fsp3) is 0.0105. The van der Waals surface area contributed by atoms with E-state index in [9.17, 15) is 0 Å². The highest BCUT2D eigenvalue weighted by atomic mass is 35.5. The van der Waals surface area contributed by atoms with Gasteiger partial charge in [0.05, 0.1) is 16.7 Å². The number of hydrogen-bond acceptors (Lipinski definition) is 8. The molecule has 22 rings (SSSR count). The summed E-state index contributed by atoms with van der Waals surface area (Å²) in [6, 6.07) is 117. The van der Waals surface area contributed by atoms with E-state index in [1.54, 1.807) is 0 Å². The van der Waals surface area contributed by atoms with Crippen molar-refractivity contribution in [3.05, 3.63) is 356 Å². The summed E-state index contributed by atoms with van der Waals surface area (Å²) < 4.78 is 15.4. The quantitative estimate of drug-likeness (QED) is 0.155. The van der Waals surface area contributed by atoms with Gasteiger partial charge in [-0.15, -0.1) is 0 Å². The van der Waals surface area contributed by atoms with Crippen molar-refractivity contribution in [2.24, 2.45) is 0 Å². The number of furan rings is 2. The topological polar surface area (TPSA) is 109 Å². The number of halogens is 1. The molecule has 5 aromatic heterocycles. The van der Waals surface area contributed by atoms with E-state index in [0.717, 1.165) is 116 Å². The molecule has 492 valence electrons. The summed E-state index contributed by atoms with van der Waals surface area (Å²) >= 11 is 6.59. The summed E-state index contributed by atoms with van der Waals surface area (Å²) in [7, 11) is 0. The highest BCUT2D eigenvalue weighted by Gasteiger charge is 2.25. The van der Waals surface area contributed by atoms with E-state index in [0.29, 0.717) is 45.6 Å². The van der Waals surface area contributed by atoms with E-state index in [-0.39, 0.29) is 0 Å². The third kappa shape index (κ3) is 11.1. The maximum absolute atomic E-state index is 6.80. The number of benzene rings is 16. The lowest BCUT2D eigenvalue weighted by molar-refractivity contribution is 0.669. The second kappa shape index (κ2) is 25.4. The number of aromatic nitrogens is 7. The first-order valence-corrected chi connectivity index (χ1v) is 35.5. The Kier molecular flexibility index (Phi) is 14.8. The van der Waals surface area contributed by atoms with Crippen LogP contribution in [0, 0.1) is 0 Å². The maximum Gasteiger partial charge on any atom is 0.164 e. The van der Waals surface area contributed by atoms with Crippen molar-refractivity contribution in [1.29, 1.82) is 0 Å². The minimum atomic E-state index is 0.547. The van der Waals surface area contributed by atoms with Gasteiger partial charge in [-0.1, -0.05) is 279 Å². The minimum Gasteiger partial charge on any atom is -0.456 e. The molecular weight excluding hydrogens is 1310 g/mol. The van der Waals surface area contributed by atoms with Crippen molar-refractivity contribution in [3.8, 4) is 85.1 Å². The lowest BCUT2D eigenvalue weighted by atomic mass is 10.0. The SMILES string of the molecule is Clc1cc(-c2nc(-c3ccccc3)nc(-c3ccccc3)n2)c2c(c1)oc1cc3ccccc3cc12.c1ccc(-c2nc(-c3ccccc3)nc(-c3cc(-n4c5ccccc5c5cc6ccccc6cc54)cc4oc5cc6ccccc6cc5c34)n2)cc1.c1ccc2c(c1)Cc1cc3ccccc3cc1-2. The molecule has 0 N–H and O–H groups in total.